The number of halogens is 6. The molecule has 0 bridgehead atoms. The predicted molar refractivity (Wildman–Crippen MR) is 41.9 cm³/mol. The molecule has 0 fully saturated rings. The van der Waals surface area contributed by atoms with E-state index in [1.165, 1.54) is 0 Å². The van der Waals surface area contributed by atoms with E-state index >= 15 is 0 Å². The molecule has 0 atom stereocenters. The zero-order valence-electron chi connectivity index (χ0n) is 7.16. The van der Waals surface area contributed by atoms with Gasteiger partial charge in [0.05, 0.1) is 0 Å². The average molecular weight is 251 g/mol. The van der Waals surface area contributed by atoms with Crippen LogP contribution in [0.25, 0.3) is 0 Å². The second kappa shape index (κ2) is 10.9. The first-order chi connectivity index (χ1) is 5.41. The normalized spacial score (nSPS) is 9.86. The fraction of sp³-hybridized carbons (Fsp3) is 1.00. The number of hydrogen-bond acceptors (Lipinski definition) is 3. The number of alkyl halides is 6. The maximum absolute atomic E-state index is 9.91. The van der Waals surface area contributed by atoms with Crippen molar-refractivity contribution in [2.75, 3.05) is 14.1 Å². The minimum atomic E-state index is -5.00. The molecule has 0 aromatic rings. The van der Waals surface area contributed by atoms with Crippen molar-refractivity contribution in [3.63, 3.8) is 0 Å². The van der Waals surface area contributed by atoms with Crippen molar-refractivity contribution in [3.05, 3.63) is 0 Å². The highest BCUT2D eigenvalue weighted by molar-refractivity contribution is 7.59. The van der Waals surface area contributed by atoms with E-state index in [2.05, 4.69) is 5.32 Å². The van der Waals surface area contributed by atoms with Gasteiger partial charge in [-0.1, -0.05) is 0 Å². The van der Waals surface area contributed by atoms with Crippen molar-refractivity contribution >= 4 is 13.5 Å². The highest BCUT2D eigenvalue weighted by Gasteiger charge is 2.20. The minimum absolute atomic E-state index is 0. The zero-order chi connectivity index (χ0) is 11.7. The first-order valence-corrected chi connectivity index (χ1v) is 2.58. The fourth-order valence-electron chi connectivity index (χ4n) is 0. The molecule has 92 valence electrons. The summed E-state index contributed by atoms with van der Waals surface area (Å²) in [6.45, 7) is 0. The van der Waals surface area contributed by atoms with Gasteiger partial charge in [0.25, 0.3) is 0 Å². The van der Waals surface area contributed by atoms with E-state index in [0.717, 1.165) is 0 Å². The molecular weight excluding hydrogens is 240 g/mol. The van der Waals surface area contributed by atoms with E-state index in [4.69, 9.17) is 10.2 Å². The highest BCUT2D eigenvalue weighted by atomic mass is 32.1. The van der Waals surface area contributed by atoms with E-state index < -0.39 is 12.7 Å². The molecule has 0 aromatic heterocycles. The van der Waals surface area contributed by atoms with Crippen LogP contribution in [0.15, 0.2) is 0 Å². The lowest BCUT2D eigenvalue weighted by atomic mass is 11.3. The molecule has 0 aromatic carbocycles. The van der Waals surface area contributed by atoms with E-state index in [1.54, 1.807) is 0 Å². The molecule has 0 unspecified atom stereocenters. The number of rotatable bonds is 0. The van der Waals surface area contributed by atoms with Crippen LogP contribution < -0.4 is 5.32 Å². The largest absolute Gasteiger partial charge is 0.519 e. The van der Waals surface area contributed by atoms with Crippen LogP contribution in [-0.2, 0) is 0 Å². The zero-order valence-corrected chi connectivity index (χ0v) is 8.16. The van der Waals surface area contributed by atoms with Crippen LogP contribution in [0.5, 0.6) is 0 Å². The Morgan fingerprint density at radius 3 is 0.786 bits per heavy atom. The van der Waals surface area contributed by atoms with Crippen LogP contribution in [0, 0.1) is 0 Å². The Kier molecular flexibility index (Phi) is 18.3. The summed E-state index contributed by atoms with van der Waals surface area (Å²) >= 11 is 0. The first-order valence-electron chi connectivity index (χ1n) is 2.58. The Bertz CT molecular complexity index is 81.0. The van der Waals surface area contributed by atoms with Crippen LogP contribution in [0.3, 0.4) is 0 Å². The molecule has 0 radical (unpaired) electrons. The lowest BCUT2D eigenvalue weighted by Crippen LogP contribution is -2.01. The van der Waals surface area contributed by atoms with Gasteiger partial charge >= 0.3 is 12.7 Å². The molecule has 0 saturated heterocycles. The topological polar surface area (TPSA) is 52.5 Å². The molecule has 0 aliphatic rings. The van der Waals surface area contributed by atoms with Crippen LogP contribution >= 0.6 is 13.5 Å². The van der Waals surface area contributed by atoms with Gasteiger partial charge in [-0.25, -0.2) is 0 Å². The Morgan fingerprint density at radius 2 is 0.786 bits per heavy atom. The summed E-state index contributed by atoms with van der Waals surface area (Å²) in [6, 6.07) is 0. The van der Waals surface area contributed by atoms with Crippen LogP contribution in [0.1, 0.15) is 0 Å². The van der Waals surface area contributed by atoms with Gasteiger partial charge in [-0.15, -0.1) is 26.3 Å². The van der Waals surface area contributed by atoms with Crippen molar-refractivity contribution in [3.8, 4) is 0 Å². The maximum Gasteiger partial charge on any atom is 0.519 e. The second-order valence-electron chi connectivity index (χ2n) is 1.44. The third-order valence-corrected chi connectivity index (χ3v) is 0. The van der Waals surface area contributed by atoms with Gasteiger partial charge in [-0.05, 0) is 14.1 Å². The van der Waals surface area contributed by atoms with Crippen LogP contribution in [-0.4, -0.2) is 37.0 Å². The van der Waals surface area contributed by atoms with Gasteiger partial charge < -0.3 is 15.5 Å². The summed E-state index contributed by atoms with van der Waals surface area (Å²) in [7, 11) is 3.75. The van der Waals surface area contributed by atoms with Crippen molar-refractivity contribution in [1.82, 2.24) is 5.32 Å². The molecular formula is C4H11F6NO2S. The van der Waals surface area contributed by atoms with Crippen molar-refractivity contribution in [2.24, 2.45) is 0 Å². The standard InChI is InChI=1S/C2H7N.2CHF3O.H2S/c1-3-2;2*2-1(3,4)5;/h3H,1-2H3;2*5H;1H2. The van der Waals surface area contributed by atoms with E-state index in [9.17, 15) is 26.3 Å². The Morgan fingerprint density at radius 1 is 0.786 bits per heavy atom. The maximum atomic E-state index is 9.91. The van der Waals surface area contributed by atoms with Gasteiger partial charge in [-0.3, -0.25) is 0 Å². The summed E-state index contributed by atoms with van der Waals surface area (Å²) in [6.07, 6.45) is -10.0. The quantitative estimate of drug-likeness (QED) is 0.562. The summed E-state index contributed by atoms with van der Waals surface area (Å²) in [5, 5.41) is 15.8. The van der Waals surface area contributed by atoms with Crippen LogP contribution in [0.2, 0.25) is 0 Å². The van der Waals surface area contributed by atoms with Gasteiger partial charge in [0, 0.05) is 0 Å². The Hall–Kier alpha value is -0.190. The molecule has 0 spiro atoms. The van der Waals surface area contributed by atoms with Gasteiger partial charge in [0.15, 0.2) is 0 Å². The SMILES string of the molecule is CNC.OC(F)(F)F.OC(F)(F)F.S. The number of aliphatic hydroxyl groups is 2. The first kappa shape index (κ1) is 23.5. The van der Waals surface area contributed by atoms with Crippen molar-refractivity contribution < 1.29 is 36.6 Å². The molecule has 0 rings (SSSR count). The lowest BCUT2D eigenvalue weighted by Gasteiger charge is -1.86. The highest BCUT2D eigenvalue weighted by Crippen LogP contribution is 2.06. The molecule has 3 nitrogen and oxygen atoms in total. The monoisotopic (exact) mass is 251 g/mol. The third kappa shape index (κ3) is 38200. The van der Waals surface area contributed by atoms with E-state index in [-0.39, 0.29) is 13.5 Å². The Balaban J connectivity index is -0.0000000535. The molecule has 0 saturated carbocycles. The molecule has 3 N–H and O–H groups in total. The van der Waals surface area contributed by atoms with Gasteiger partial charge in [0.2, 0.25) is 0 Å². The predicted octanol–water partition coefficient (Wildman–Crippen LogP) is 0.945. The molecule has 10 heteroatoms. The molecule has 0 aliphatic carbocycles. The fourth-order valence-corrected chi connectivity index (χ4v) is 0. The lowest BCUT2D eigenvalue weighted by molar-refractivity contribution is -0.296. The summed E-state index contributed by atoms with van der Waals surface area (Å²) in [5.41, 5.74) is 0. The smallest absolute Gasteiger partial charge is 0.323 e. The third-order valence-electron chi connectivity index (χ3n) is 0. The molecule has 0 aliphatic heterocycles. The van der Waals surface area contributed by atoms with E-state index in [0.29, 0.717) is 0 Å². The molecule has 0 heterocycles. The minimum Gasteiger partial charge on any atom is -0.323 e. The van der Waals surface area contributed by atoms with Gasteiger partial charge in [0.1, 0.15) is 0 Å². The molecule has 14 heavy (non-hydrogen) atoms. The summed E-state index contributed by atoms with van der Waals surface area (Å²) in [5.74, 6) is 0. The van der Waals surface area contributed by atoms with Gasteiger partial charge in [-0.2, -0.15) is 13.5 Å². The summed E-state index contributed by atoms with van der Waals surface area (Å²) in [4.78, 5) is 0. The Labute approximate surface area is 83.2 Å². The summed E-state index contributed by atoms with van der Waals surface area (Å²) < 4.78 is 59.5. The van der Waals surface area contributed by atoms with Crippen LogP contribution in [0.4, 0.5) is 26.3 Å². The van der Waals surface area contributed by atoms with Crippen molar-refractivity contribution in [1.29, 1.82) is 0 Å². The second-order valence-corrected chi connectivity index (χ2v) is 1.44. The van der Waals surface area contributed by atoms with Crippen molar-refractivity contribution in [2.45, 2.75) is 12.7 Å². The average Bonchev–Trinajstić information content (AvgIpc) is 1.52. The number of hydrogen-bond donors (Lipinski definition) is 3. The van der Waals surface area contributed by atoms with E-state index in [1.807, 2.05) is 14.1 Å². The molecule has 0 amide bonds. The number of nitrogens with one attached hydrogen (secondary N) is 1.